The van der Waals surface area contributed by atoms with Gasteiger partial charge in [0, 0.05) is 18.1 Å². The molecule has 2 fully saturated rings. The maximum Gasteiger partial charge on any atom is 0.290 e. The number of amides is 2. The first-order chi connectivity index (χ1) is 14.0. The van der Waals surface area contributed by atoms with Crippen molar-refractivity contribution < 1.29 is 24.2 Å². The third-order valence-electron chi connectivity index (χ3n) is 5.12. The number of hydrogen-bond donors (Lipinski definition) is 3. The molecule has 2 saturated heterocycles. The Morgan fingerprint density at radius 3 is 2.69 bits per heavy atom. The zero-order valence-corrected chi connectivity index (χ0v) is 17.2. The van der Waals surface area contributed by atoms with Gasteiger partial charge in [0.15, 0.2) is 6.10 Å². The highest BCUT2D eigenvalue weighted by Crippen LogP contribution is 2.28. The van der Waals surface area contributed by atoms with Gasteiger partial charge in [-0.05, 0) is 43.5 Å². The van der Waals surface area contributed by atoms with Crippen molar-refractivity contribution >= 4 is 29.9 Å². The number of morpholine rings is 1. The minimum atomic E-state index is -0.783. The highest BCUT2D eigenvalue weighted by atomic mass is 35.5. The second-order valence-corrected chi connectivity index (χ2v) is 7.63. The quantitative estimate of drug-likeness (QED) is 0.616. The van der Waals surface area contributed by atoms with Crippen molar-refractivity contribution in [1.82, 2.24) is 15.5 Å². The molecule has 8 nitrogen and oxygen atoms in total. The fourth-order valence-corrected chi connectivity index (χ4v) is 3.72. The molecule has 0 aliphatic carbocycles. The molecule has 0 spiro atoms. The molecule has 0 saturated carbocycles. The van der Waals surface area contributed by atoms with Gasteiger partial charge in [-0.2, -0.15) is 0 Å². The predicted molar refractivity (Wildman–Crippen MR) is 109 cm³/mol. The Balaban J connectivity index is 0.000000941. The number of carboxylic acid groups (broad SMARTS) is 1. The Kier molecular flexibility index (Phi) is 9.37. The van der Waals surface area contributed by atoms with Crippen LogP contribution in [0.5, 0.6) is 0 Å². The Morgan fingerprint density at radius 1 is 1.38 bits per heavy atom. The lowest BCUT2D eigenvalue weighted by Crippen LogP contribution is -2.53. The molecule has 0 unspecified atom stereocenters. The SMILES string of the molecule is CC1CCN(CCNC(=O)[C@H]2OCC(=O)N[C@@H]2c2ccccc2Cl)CC1.O=CO. The highest BCUT2D eigenvalue weighted by molar-refractivity contribution is 6.31. The van der Waals surface area contributed by atoms with E-state index in [0.717, 1.165) is 25.6 Å². The van der Waals surface area contributed by atoms with Crippen LogP contribution in [0.25, 0.3) is 0 Å². The topological polar surface area (TPSA) is 108 Å². The molecule has 3 N–H and O–H groups in total. The van der Waals surface area contributed by atoms with Crippen LogP contribution in [0, 0.1) is 5.92 Å². The molecule has 2 heterocycles. The van der Waals surface area contributed by atoms with Crippen molar-refractivity contribution in [3.05, 3.63) is 34.9 Å². The van der Waals surface area contributed by atoms with E-state index in [1.54, 1.807) is 12.1 Å². The summed E-state index contributed by atoms with van der Waals surface area (Å²) in [6, 6.07) is 6.60. The molecule has 0 aromatic heterocycles. The molecular weight excluding hydrogens is 398 g/mol. The second-order valence-electron chi connectivity index (χ2n) is 7.22. The molecule has 160 valence electrons. The van der Waals surface area contributed by atoms with E-state index in [1.807, 2.05) is 12.1 Å². The van der Waals surface area contributed by atoms with E-state index in [2.05, 4.69) is 22.5 Å². The molecule has 2 aliphatic heterocycles. The van der Waals surface area contributed by atoms with Gasteiger partial charge in [0.25, 0.3) is 12.4 Å². The van der Waals surface area contributed by atoms with E-state index >= 15 is 0 Å². The van der Waals surface area contributed by atoms with Crippen LogP contribution in [0.15, 0.2) is 24.3 Å². The molecule has 3 rings (SSSR count). The molecular formula is C20H28ClN3O5. The van der Waals surface area contributed by atoms with Crippen LogP contribution >= 0.6 is 11.6 Å². The Morgan fingerprint density at radius 2 is 2.03 bits per heavy atom. The Hall–Kier alpha value is -2.16. The number of ether oxygens (including phenoxy) is 1. The molecule has 0 radical (unpaired) electrons. The fourth-order valence-electron chi connectivity index (χ4n) is 3.47. The predicted octanol–water partition coefficient (Wildman–Crippen LogP) is 1.45. The van der Waals surface area contributed by atoms with Gasteiger partial charge in [-0.3, -0.25) is 14.4 Å². The molecule has 9 heteroatoms. The summed E-state index contributed by atoms with van der Waals surface area (Å²) in [5.41, 5.74) is 0.687. The summed E-state index contributed by atoms with van der Waals surface area (Å²) in [6.07, 6.45) is 1.63. The zero-order chi connectivity index (χ0) is 21.2. The van der Waals surface area contributed by atoms with Crippen molar-refractivity contribution in [3.63, 3.8) is 0 Å². The van der Waals surface area contributed by atoms with Crippen molar-refractivity contribution in [3.8, 4) is 0 Å². The Bertz CT molecular complexity index is 694. The van der Waals surface area contributed by atoms with E-state index in [9.17, 15) is 9.59 Å². The van der Waals surface area contributed by atoms with Gasteiger partial charge >= 0.3 is 0 Å². The highest BCUT2D eigenvalue weighted by Gasteiger charge is 2.36. The lowest BCUT2D eigenvalue weighted by Gasteiger charge is -2.33. The minimum absolute atomic E-state index is 0.122. The maximum absolute atomic E-state index is 12.6. The first-order valence-corrected chi connectivity index (χ1v) is 10.1. The monoisotopic (exact) mass is 425 g/mol. The first kappa shape index (κ1) is 23.1. The number of benzene rings is 1. The lowest BCUT2D eigenvalue weighted by atomic mass is 9.99. The number of nitrogens with one attached hydrogen (secondary N) is 2. The third-order valence-corrected chi connectivity index (χ3v) is 5.46. The summed E-state index contributed by atoms with van der Waals surface area (Å²) >= 11 is 6.25. The van der Waals surface area contributed by atoms with E-state index in [-0.39, 0.29) is 24.9 Å². The van der Waals surface area contributed by atoms with Crippen LogP contribution in [0.1, 0.15) is 31.4 Å². The summed E-state index contributed by atoms with van der Waals surface area (Å²) in [5, 5.41) is 13.2. The maximum atomic E-state index is 12.6. The third kappa shape index (κ3) is 6.99. The van der Waals surface area contributed by atoms with Crippen molar-refractivity contribution in [2.45, 2.75) is 31.9 Å². The minimum Gasteiger partial charge on any atom is -0.483 e. The molecule has 1 aromatic carbocycles. The van der Waals surface area contributed by atoms with Crippen LogP contribution in [0.4, 0.5) is 0 Å². The first-order valence-electron chi connectivity index (χ1n) is 9.69. The van der Waals surface area contributed by atoms with Crippen molar-refractivity contribution in [2.24, 2.45) is 5.92 Å². The average Bonchev–Trinajstić information content (AvgIpc) is 2.70. The van der Waals surface area contributed by atoms with Gasteiger partial charge in [-0.25, -0.2) is 0 Å². The number of rotatable bonds is 5. The van der Waals surface area contributed by atoms with E-state index in [0.29, 0.717) is 17.1 Å². The smallest absolute Gasteiger partial charge is 0.290 e. The molecule has 29 heavy (non-hydrogen) atoms. The number of piperidine rings is 1. The number of carbonyl (C=O) groups excluding carboxylic acids is 2. The summed E-state index contributed by atoms with van der Waals surface area (Å²) in [7, 11) is 0. The van der Waals surface area contributed by atoms with E-state index in [1.165, 1.54) is 12.8 Å². The normalized spacial score (nSPS) is 22.8. The summed E-state index contributed by atoms with van der Waals surface area (Å²) in [4.78, 5) is 35.1. The molecule has 2 amide bonds. The molecule has 0 bridgehead atoms. The number of nitrogens with zero attached hydrogens (tertiary/aromatic N) is 1. The summed E-state index contributed by atoms with van der Waals surface area (Å²) < 4.78 is 5.53. The fraction of sp³-hybridized carbons (Fsp3) is 0.550. The van der Waals surface area contributed by atoms with Gasteiger partial charge in [0.05, 0.1) is 6.04 Å². The van der Waals surface area contributed by atoms with Crippen LogP contribution in [-0.2, 0) is 19.1 Å². The molecule has 1 aromatic rings. The van der Waals surface area contributed by atoms with Crippen LogP contribution in [-0.4, -0.2) is 67.2 Å². The van der Waals surface area contributed by atoms with Crippen molar-refractivity contribution in [1.29, 1.82) is 0 Å². The lowest BCUT2D eigenvalue weighted by molar-refractivity contribution is -0.148. The largest absolute Gasteiger partial charge is 0.483 e. The van der Waals surface area contributed by atoms with Gasteiger partial charge in [0.2, 0.25) is 5.91 Å². The number of likely N-dealkylation sites (tertiary alicyclic amines) is 1. The van der Waals surface area contributed by atoms with Crippen molar-refractivity contribution in [2.75, 3.05) is 32.8 Å². The standard InChI is InChI=1S/C19H26ClN3O3.CH2O2/c1-13-6-9-23(10-7-13)11-8-21-19(25)18-17(22-16(24)12-26-18)14-4-2-3-5-15(14)20;2-1-3/h2-5,13,17-18H,6-12H2,1H3,(H,21,25)(H,22,24);1H,(H,2,3)/t17-,18+;/m1./s1. The van der Waals surface area contributed by atoms with E-state index < -0.39 is 12.1 Å². The van der Waals surface area contributed by atoms with Gasteiger partial charge in [0.1, 0.15) is 6.61 Å². The number of carbonyl (C=O) groups is 3. The van der Waals surface area contributed by atoms with Gasteiger partial charge in [-0.15, -0.1) is 0 Å². The molecule has 2 aliphatic rings. The number of hydrogen-bond acceptors (Lipinski definition) is 5. The van der Waals surface area contributed by atoms with Gasteiger partial charge in [-0.1, -0.05) is 36.7 Å². The second kappa shape index (κ2) is 11.7. The van der Waals surface area contributed by atoms with Crippen LogP contribution in [0.3, 0.4) is 0 Å². The summed E-state index contributed by atoms with van der Waals surface area (Å²) in [5.74, 6) is 0.318. The number of halogens is 1. The molecule has 2 atom stereocenters. The van der Waals surface area contributed by atoms with Gasteiger partial charge < -0.3 is 25.4 Å². The van der Waals surface area contributed by atoms with Crippen LogP contribution in [0.2, 0.25) is 5.02 Å². The Labute approximate surface area is 175 Å². The van der Waals surface area contributed by atoms with Crippen LogP contribution < -0.4 is 10.6 Å². The zero-order valence-electron chi connectivity index (χ0n) is 16.5. The average molecular weight is 426 g/mol. The summed E-state index contributed by atoms with van der Waals surface area (Å²) in [6.45, 7) is 5.46. The van der Waals surface area contributed by atoms with E-state index in [4.69, 9.17) is 26.2 Å².